The number of hydrogen-bond acceptors (Lipinski definition) is 4. The fourth-order valence-electron chi connectivity index (χ4n) is 1.07. The Hall–Kier alpha value is -1.41. The number of aliphatic carboxylic acids is 1. The Kier molecular flexibility index (Phi) is 4.24. The molecule has 0 aliphatic heterocycles. The van der Waals surface area contributed by atoms with Crippen LogP contribution in [0.15, 0.2) is 17.3 Å². The molecule has 0 aromatic carbocycles. The number of hydrogen-bond donors (Lipinski definition) is 2. The smallest absolute Gasteiger partial charge is 0.325 e. The molecule has 1 rings (SSSR count). The maximum Gasteiger partial charge on any atom is 0.325 e. The third kappa shape index (κ3) is 4.16. The van der Waals surface area contributed by atoms with Crippen LogP contribution in [0.2, 0.25) is 0 Å². The molecule has 0 saturated carbocycles. The summed E-state index contributed by atoms with van der Waals surface area (Å²) >= 11 is 0. The van der Waals surface area contributed by atoms with Crippen molar-refractivity contribution in [1.29, 1.82) is 0 Å². The maximum absolute atomic E-state index is 11.7. The first-order valence-electron chi connectivity index (χ1n) is 5.05. The number of carboxylic acid groups (broad SMARTS) is 1. The monoisotopic (exact) mass is 261 g/mol. The van der Waals surface area contributed by atoms with Gasteiger partial charge in [0, 0.05) is 12.7 Å². The highest BCUT2D eigenvalue weighted by Gasteiger charge is 2.16. The zero-order valence-electron chi connectivity index (χ0n) is 9.62. The first-order chi connectivity index (χ1) is 7.81. The van der Waals surface area contributed by atoms with Gasteiger partial charge in [0.15, 0.2) is 0 Å². The van der Waals surface area contributed by atoms with Crippen LogP contribution in [0.5, 0.6) is 0 Å². The van der Waals surface area contributed by atoms with E-state index >= 15 is 0 Å². The van der Waals surface area contributed by atoms with Crippen LogP contribution in [-0.4, -0.2) is 35.8 Å². The third-order valence-electron chi connectivity index (χ3n) is 1.90. The number of nitrogens with one attached hydrogen (secondary N) is 1. The molecule has 96 valence electrons. The second kappa shape index (κ2) is 5.28. The van der Waals surface area contributed by atoms with Gasteiger partial charge < -0.3 is 5.11 Å². The molecule has 1 aromatic rings. The summed E-state index contributed by atoms with van der Waals surface area (Å²) in [4.78, 5) is 10.4. The lowest BCUT2D eigenvalue weighted by Gasteiger charge is -2.06. The van der Waals surface area contributed by atoms with Crippen molar-refractivity contribution in [3.8, 4) is 0 Å². The van der Waals surface area contributed by atoms with Crippen molar-refractivity contribution in [2.45, 2.75) is 25.3 Å². The summed E-state index contributed by atoms with van der Waals surface area (Å²) < 4.78 is 26.9. The fraction of sp³-hybridized carbons (Fsp3) is 0.556. The molecule has 2 N–H and O–H groups in total. The van der Waals surface area contributed by atoms with E-state index in [1.807, 2.05) is 13.8 Å². The van der Waals surface area contributed by atoms with Gasteiger partial charge in [-0.3, -0.25) is 9.48 Å². The van der Waals surface area contributed by atoms with Crippen molar-refractivity contribution in [3.63, 3.8) is 0 Å². The molecule has 0 amide bonds. The van der Waals surface area contributed by atoms with Crippen LogP contribution in [0, 0.1) is 5.92 Å². The summed E-state index contributed by atoms with van der Waals surface area (Å²) in [6.07, 6.45) is 2.32. The summed E-state index contributed by atoms with van der Waals surface area (Å²) in [6, 6.07) is 0. The molecule has 17 heavy (non-hydrogen) atoms. The largest absolute Gasteiger partial charge is 0.480 e. The molecular weight excluding hydrogens is 246 g/mol. The van der Waals surface area contributed by atoms with E-state index in [9.17, 15) is 13.2 Å². The van der Waals surface area contributed by atoms with Crippen LogP contribution in [0.25, 0.3) is 0 Å². The molecule has 0 fully saturated rings. The van der Waals surface area contributed by atoms with E-state index in [1.165, 1.54) is 6.20 Å². The molecule has 8 heteroatoms. The Bertz CT molecular complexity index is 492. The fourth-order valence-corrected chi connectivity index (χ4v) is 2.23. The number of carboxylic acids is 1. The highest BCUT2D eigenvalue weighted by atomic mass is 32.2. The van der Waals surface area contributed by atoms with E-state index in [-0.39, 0.29) is 17.4 Å². The van der Waals surface area contributed by atoms with Crippen LogP contribution in [0.3, 0.4) is 0 Å². The normalized spacial score (nSPS) is 11.9. The Morgan fingerprint density at radius 3 is 2.76 bits per heavy atom. The quantitative estimate of drug-likeness (QED) is 0.744. The van der Waals surface area contributed by atoms with Crippen LogP contribution in [0.1, 0.15) is 13.8 Å². The molecular formula is C9H15N3O4S. The lowest BCUT2D eigenvalue weighted by Crippen LogP contribution is -2.27. The minimum absolute atomic E-state index is 0.0283. The number of nitrogens with zero attached hydrogens (tertiary/aromatic N) is 2. The van der Waals surface area contributed by atoms with E-state index in [0.717, 1.165) is 10.9 Å². The van der Waals surface area contributed by atoms with Gasteiger partial charge in [0.2, 0.25) is 10.0 Å². The maximum atomic E-state index is 11.7. The highest BCUT2D eigenvalue weighted by molar-refractivity contribution is 7.89. The minimum atomic E-state index is -3.60. The van der Waals surface area contributed by atoms with E-state index in [2.05, 4.69) is 9.82 Å². The average molecular weight is 261 g/mol. The Labute approximate surface area is 99.5 Å². The van der Waals surface area contributed by atoms with E-state index in [4.69, 9.17) is 5.11 Å². The Morgan fingerprint density at radius 2 is 2.24 bits per heavy atom. The van der Waals surface area contributed by atoms with E-state index in [1.54, 1.807) is 0 Å². The van der Waals surface area contributed by atoms with Gasteiger partial charge >= 0.3 is 5.97 Å². The van der Waals surface area contributed by atoms with Crippen LogP contribution >= 0.6 is 0 Å². The average Bonchev–Trinajstić information content (AvgIpc) is 2.63. The summed E-state index contributed by atoms with van der Waals surface area (Å²) in [7, 11) is -3.60. The standard InChI is InChI=1S/C9H15N3O4S/c1-7(2)3-11-17(15,16)8-4-10-12(5-8)6-9(13)14/h4-5,7,11H,3,6H2,1-2H3,(H,13,14). The Balaban J connectivity index is 2.78. The Morgan fingerprint density at radius 1 is 1.59 bits per heavy atom. The zero-order chi connectivity index (χ0) is 13.1. The second-order valence-electron chi connectivity index (χ2n) is 4.01. The molecule has 0 spiro atoms. The van der Waals surface area contributed by atoms with Crippen LogP contribution < -0.4 is 4.72 Å². The number of rotatable bonds is 6. The molecule has 1 heterocycles. The topological polar surface area (TPSA) is 101 Å². The molecule has 1 aromatic heterocycles. The first-order valence-corrected chi connectivity index (χ1v) is 6.53. The number of sulfonamides is 1. The van der Waals surface area contributed by atoms with Crippen LogP contribution in [0.4, 0.5) is 0 Å². The SMILES string of the molecule is CC(C)CNS(=O)(=O)c1cnn(CC(=O)O)c1. The minimum Gasteiger partial charge on any atom is -0.480 e. The van der Waals surface area contributed by atoms with Crippen molar-refractivity contribution in [2.75, 3.05) is 6.54 Å². The highest BCUT2D eigenvalue weighted by Crippen LogP contribution is 2.07. The van der Waals surface area contributed by atoms with E-state index in [0.29, 0.717) is 6.54 Å². The molecule has 7 nitrogen and oxygen atoms in total. The van der Waals surface area contributed by atoms with Gasteiger partial charge in [-0.15, -0.1) is 0 Å². The zero-order valence-corrected chi connectivity index (χ0v) is 10.4. The predicted octanol–water partition coefficient (Wildman–Crippen LogP) is -0.0980. The van der Waals surface area contributed by atoms with Crippen LogP contribution in [-0.2, 0) is 21.4 Å². The molecule has 0 bridgehead atoms. The number of aromatic nitrogens is 2. The van der Waals surface area contributed by atoms with Gasteiger partial charge in [0.1, 0.15) is 11.4 Å². The molecule has 0 atom stereocenters. The number of carbonyl (C=O) groups is 1. The van der Waals surface area contributed by atoms with Crippen molar-refractivity contribution < 1.29 is 18.3 Å². The molecule has 0 saturated heterocycles. The molecule has 0 unspecified atom stereocenters. The lowest BCUT2D eigenvalue weighted by atomic mass is 10.2. The first kappa shape index (κ1) is 13.7. The molecule has 0 aliphatic carbocycles. The summed E-state index contributed by atoms with van der Waals surface area (Å²) in [5.74, 6) is -0.883. The summed E-state index contributed by atoms with van der Waals surface area (Å²) in [5, 5.41) is 12.2. The van der Waals surface area contributed by atoms with Gasteiger partial charge in [-0.05, 0) is 5.92 Å². The van der Waals surface area contributed by atoms with Crippen molar-refractivity contribution in [3.05, 3.63) is 12.4 Å². The van der Waals surface area contributed by atoms with Gasteiger partial charge in [0.05, 0.1) is 6.20 Å². The van der Waals surface area contributed by atoms with Gasteiger partial charge in [-0.25, -0.2) is 13.1 Å². The van der Waals surface area contributed by atoms with Gasteiger partial charge in [-0.1, -0.05) is 13.8 Å². The molecule has 0 radical (unpaired) electrons. The summed E-state index contributed by atoms with van der Waals surface area (Å²) in [5.41, 5.74) is 0. The predicted molar refractivity (Wildman–Crippen MR) is 59.9 cm³/mol. The van der Waals surface area contributed by atoms with Gasteiger partial charge in [-0.2, -0.15) is 5.10 Å². The molecule has 0 aliphatic rings. The van der Waals surface area contributed by atoms with Crippen molar-refractivity contribution in [1.82, 2.24) is 14.5 Å². The second-order valence-corrected chi connectivity index (χ2v) is 5.78. The van der Waals surface area contributed by atoms with Crippen molar-refractivity contribution >= 4 is 16.0 Å². The van der Waals surface area contributed by atoms with Crippen molar-refractivity contribution in [2.24, 2.45) is 5.92 Å². The van der Waals surface area contributed by atoms with E-state index < -0.39 is 16.0 Å². The third-order valence-corrected chi connectivity index (χ3v) is 3.28. The van der Waals surface area contributed by atoms with Gasteiger partial charge in [0.25, 0.3) is 0 Å². The summed E-state index contributed by atoms with van der Waals surface area (Å²) in [6.45, 7) is 3.74. The lowest BCUT2D eigenvalue weighted by molar-refractivity contribution is -0.137.